The van der Waals surface area contributed by atoms with Gasteiger partial charge in [-0.2, -0.15) is 4.98 Å². The highest BCUT2D eigenvalue weighted by molar-refractivity contribution is 7.99. The number of amides is 1. The lowest BCUT2D eigenvalue weighted by atomic mass is 9.84. The highest BCUT2D eigenvalue weighted by atomic mass is 32.2. The van der Waals surface area contributed by atoms with Crippen LogP contribution < -0.4 is 5.32 Å². The summed E-state index contributed by atoms with van der Waals surface area (Å²) in [6.07, 6.45) is 0. The van der Waals surface area contributed by atoms with Crippen LogP contribution in [0.2, 0.25) is 0 Å². The number of hydrogen-bond donors (Lipinski definition) is 1. The molecule has 5 rings (SSSR count). The van der Waals surface area contributed by atoms with Gasteiger partial charge in [0.15, 0.2) is 11.6 Å². The molecule has 0 radical (unpaired) electrons. The molecule has 2 heterocycles. The van der Waals surface area contributed by atoms with E-state index in [1.54, 1.807) is 47.0 Å². The van der Waals surface area contributed by atoms with E-state index in [2.05, 4.69) is 20.4 Å². The summed E-state index contributed by atoms with van der Waals surface area (Å²) < 4.78 is 1.64. The van der Waals surface area contributed by atoms with Gasteiger partial charge in [-0.25, -0.2) is 9.50 Å². The largest absolute Gasteiger partial charge is 0.325 e. The zero-order valence-corrected chi connectivity index (χ0v) is 18.1. The third-order valence-corrected chi connectivity index (χ3v) is 5.98. The normalized spacial score (nSPS) is 12.6. The number of benzene rings is 2. The van der Waals surface area contributed by atoms with Gasteiger partial charge in [-0.1, -0.05) is 36.0 Å². The van der Waals surface area contributed by atoms with Gasteiger partial charge >= 0.3 is 0 Å². The molecule has 1 amide bonds. The minimum Gasteiger partial charge on any atom is -0.325 e. The molecule has 0 aliphatic heterocycles. The molecule has 2 aromatic carbocycles. The van der Waals surface area contributed by atoms with Crippen LogP contribution in [0.4, 0.5) is 5.69 Å². The molecule has 0 saturated heterocycles. The molecule has 2 aromatic heterocycles. The van der Waals surface area contributed by atoms with E-state index in [1.165, 1.54) is 11.8 Å². The Morgan fingerprint density at radius 3 is 2.38 bits per heavy atom. The highest BCUT2D eigenvalue weighted by Crippen LogP contribution is 2.29. The zero-order valence-electron chi connectivity index (χ0n) is 17.2. The summed E-state index contributed by atoms with van der Waals surface area (Å²) in [6, 6.07) is 13.4. The van der Waals surface area contributed by atoms with Gasteiger partial charge in [-0.05, 0) is 38.1 Å². The average molecular weight is 443 g/mol. The Balaban J connectivity index is 1.31. The number of carbonyl (C=O) groups is 3. The number of nitrogens with zero attached hydrogens (tertiary/aromatic N) is 4. The molecule has 0 saturated carbocycles. The van der Waals surface area contributed by atoms with Crippen LogP contribution in [-0.2, 0) is 4.79 Å². The SMILES string of the molecule is Cc1cc(C)n2nc(SCC(=O)Nc3ccc4c(c3)C(=O)c3ccccc3C4=O)nc2n1. The van der Waals surface area contributed by atoms with E-state index < -0.39 is 0 Å². The van der Waals surface area contributed by atoms with Gasteiger partial charge in [-0.15, -0.1) is 5.10 Å². The number of nitrogens with one attached hydrogen (secondary N) is 1. The van der Waals surface area contributed by atoms with Crippen molar-refractivity contribution in [2.45, 2.75) is 19.0 Å². The molecular weight excluding hydrogens is 426 g/mol. The topological polar surface area (TPSA) is 106 Å². The van der Waals surface area contributed by atoms with E-state index in [4.69, 9.17) is 0 Å². The van der Waals surface area contributed by atoms with Crippen molar-refractivity contribution in [2.75, 3.05) is 11.1 Å². The molecule has 0 spiro atoms. The fraction of sp³-hybridized carbons (Fsp3) is 0.130. The van der Waals surface area contributed by atoms with Crippen LogP contribution >= 0.6 is 11.8 Å². The summed E-state index contributed by atoms with van der Waals surface area (Å²) in [5.41, 5.74) is 3.61. The lowest BCUT2D eigenvalue weighted by Gasteiger charge is -2.18. The Morgan fingerprint density at radius 2 is 1.62 bits per heavy atom. The molecule has 0 unspecified atom stereocenters. The van der Waals surface area contributed by atoms with Gasteiger partial charge in [-0.3, -0.25) is 14.4 Å². The summed E-state index contributed by atoms with van der Waals surface area (Å²) in [4.78, 5) is 46.7. The lowest BCUT2D eigenvalue weighted by molar-refractivity contribution is -0.113. The summed E-state index contributed by atoms with van der Waals surface area (Å²) in [6.45, 7) is 3.80. The fourth-order valence-corrected chi connectivity index (χ4v) is 4.33. The Bertz CT molecular complexity index is 1440. The van der Waals surface area contributed by atoms with Crippen molar-refractivity contribution in [3.05, 3.63) is 82.2 Å². The highest BCUT2D eigenvalue weighted by Gasteiger charge is 2.29. The van der Waals surface area contributed by atoms with Crippen molar-refractivity contribution >= 4 is 40.7 Å². The fourth-order valence-electron chi connectivity index (χ4n) is 3.71. The molecule has 1 aliphatic carbocycles. The van der Waals surface area contributed by atoms with Gasteiger partial charge in [0.2, 0.25) is 11.1 Å². The van der Waals surface area contributed by atoms with E-state index in [0.717, 1.165) is 11.4 Å². The van der Waals surface area contributed by atoms with Gasteiger partial charge < -0.3 is 5.32 Å². The maximum atomic E-state index is 12.8. The number of fused-ring (bicyclic) bond motifs is 3. The molecule has 0 fully saturated rings. The molecular formula is C23H17N5O3S. The van der Waals surface area contributed by atoms with Gasteiger partial charge in [0.25, 0.3) is 5.78 Å². The summed E-state index contributed by atoms with van der Waals surface area (Å²) in [7, 11) is 0. The monoisotopic (exact) mass is 443 g/mol. The molecule has 158 valence electrons. The van der Waals surface area contributed by atoms with Crippen LogP contribution in [0.3, 0.4) is 0 Å². The Hall–Kier alpha value is -3.85. The average Bonchev–Trinajstić information content (AvgIpc) is 3.19. The first-order valence-electron chi connectivity index (χ1n) is 9.87. The van der Waals surface area contributed by atoms with Crippen molar-refractivity contribution in [3.63, 3.8) is 0 Å². The number of anilines is 1. The number of carbonyl (C=O) groups excluding carboxylic acids is 3. The predicted molar refractivity (Wildman–Crippen MR) is 119 cm³/mol. The molecule has 0 bridgehead atoms. The standard InChI is InChI=1S/C23H17N5O3S/c1-12-9-13(2)28-22(24-12)26-23(27-28)32-11-19(29)25-14-7-8-17-18(10-14)21(31)16-6-4-3-5-15(16)20(17)30/h3-10H,11H2,1-2H3,(H,25,29). The minimum absolute atomic E-state index is 0.0850. The maximum absolute atomic E-state index is 12.8. The maximum Gasteiger partial charge on any atom is 0.253 e. The molecule has 1 aliphatic rings. The van der Waals surface area contributed by atoms with Crippen LogP contribution in [0.5, 0.6) is 0 Å². The third kappa shape index (κ3) is 3.46. The van der Waals surface area contributed by atoms with Crippen LogP contribution in [0.1, 0.15) is 43.2 Å². The van der Waals surface area contributed by atoms with E-state index >= 15 is 0 Å². The first kappa shape index (κ1) is 20.1. The number of ketones is 2. The smallest absolute Gasteiger partial charge is 0.253 e. The second-order valence-electron chi connectivity index (χ2n) is 7.45. The second kappa shape index (κ2) is 7.69. The van der Waals surface area contributed by atoms with E-state index in [0.29, 0.717) is 33.3 Å². The summed E-state index contributed by atoms with van der Waals surface area (Å²) in [5.74, 6) is -0.122. The summed E-state index contributed by atoms with van der Waals surface area (Å²) >= 11 is 1.19. The van der Waals surface area contributed by atoms with Gasteiger partial charge in [0.05, 0.1) is 5.75 Å². The van der Waals surface area contributed by atoms with Crippen molar-refractivity contribution in [1.82, 2.24) is 19.6 Å². The second-order valence-corrected chi connectivity index (χ2v) is 8.39. The predicted octanol–water partition coefficient (Wildman–Crippen LogP) is 3.25. The molecule has 32 heavy (non-hydrogen) atoms. The van der Waals surface area contributed by atoms with Gasteiger partial charge in [0, 0.05) is 39.3 Å². The number of aryl methyl sites for hydroxylation is 2. The quantitative estimate of drug-likeness (QED) is 0.425. The Morgan fingerprint density at radius 1 is 0.938 bits per heavy atom. The molecule has 8 nitrogen and oxygen atoms in total. The van der Waals surface area contributed by atoms with Crippen LogP contribution in [0, 0.1) is 13.8 Å². The summed E-state index contributed by atoms with van der Waals surface area (Å²) in [5, 5.41) is 7.60. The number of hydrogen-bond acceptors (Lipinski definition) is 7. The number of aromatic nitrogens is 4. The van der Waals surface area contributed by atoms with E-state index in [1.807, 2.05) is 19.9 Å². The molecule has 1 N–H and O–H groups in total. The molecule has 0 atom stereocenters. The minimum atomic E-state index is -0.273. The van der Waals surface area contributed by atoms with Crippen molar-refractivity contribution < 1.29 is 14.4 Å². The lowest BCUT2D eigenvalue weighted by Crippen LogP contribution is -2.21. The Labute approximate surface area is 187 Å². The van der Waals surface area contributed by atoms with Crippen molar-refractivity contribution in [2.24, 2.45) is 0 Å². The Kier molecular flexibility index (Phi) is 4.82. The van der Waals surface area contributed by atoms with Crippen molar-refractivity contribution in [1.29, 1.82) is 0 Å². The third-order valence-electron chi connectivity index (χ3n) is 5.14. The van der Waals surface area contributed by atoms with Crippen LogP contribution in [-0.4, -0.2) is 42.8 Å². The van der Waals surface area contributed by atoms with E-state index in [9.17, 15) is 14.4 Å². The molecule has 4 aromatic rings. The van der Waals surface area contributed by atoms with Crippen molar-refractivity contribution in [3.8, 4) is 0 Å². The van der Waals surface area contributed by atoms with Crippen LogP contribution in [0.15, 0.2) is 53.7 Å². The number of thioether (sulfide) groups is 1. The first-order valence-corrected chi connectivity index (χ1v) is 10.9. The van der Waals surface area contributed by atoms with E-state index in [-0.39, 0.29) is 28.8 Å². The zero-order chi connectivity index (χ0) is 22.4. The number of rotatable bonds is 4. The molecule has 9 heteroatoms. The van der Waals surface area contributed by atoms with Crippen LogP contribution in [0.25, 0.3) is 5.78 Å². The van der Waals surface area contributed by atoms with Gasteiger partial charge in [0.1, 0.15) is 0 Å². The first-order chi connectivity index (χ1) is 15.4.